The first kappa shape index (κ1) is 19.2. The topological polar surface area (TPSA) is 45.7 Å². The van der Waals surface area contributed by atoms with E-state index in [0.717, 1.165) is 45.0 Å². The fraction of sp³-hybridized carbons (Fsp3) is 0.533. The Morgan fingerprint density at radius 3 is 2.60 bits per heavy atom. The summed E-state index contributed by atoms with van der Waals surface area (Å²) in [5, 5.41) is 6.59. The summed E-state index contributed by atoms with van der Waals surface area (Å²) < 4.78 is 5.01. The molecule has 20 heavy (non-hydrogen) atoms. The maximum atomic E-state index is 5.01. The molecule has 0 aliphatic rings. The SMILES string of the molecule is CCNC(=NCCCOC)NCCc1ccccc1.I. The third kappa shape index (κ3) is 9.14. The predicted molar refractivity (Wildman–Crippen MR) is 96.0 cm³/mol. The third-order valence-electron chi connectivity index (χ3n) is 2.67. The molecule has 0 radical (unpaired) electrons. The highest BCUT2D eigenvalue weighted by atomic mass is 127. The van der Waals surface area contributed by atoms with Crippen LogP contribution >= 0.6 is 24.0 Å². The summed E-state index contributed by atoms with van der Waals surface area (Å²) in [7, 11) is 1.72. The predicted octanol–water partition coefficient (Wildman–Crippen LogP) is 2.44. The van der Waals surface area contributed by atoms with E-state index in [1.807, 2.05) is 6.07 Å². The van der Waals surface area contributed by atoms with Crippen molar-refractivity contribution in [1.29, 1.82) is 0 Å². The molecule has 2 N–H and O–H groups in total. The summed E-state index contributed by atoms with van der Waals surface area (Å²) in [5.41, 5.74) is 1.34. The van der Waals surface area contributed by atoms with Crippen molar-refractivity contribution in [3.8, 4) is 0 Å². The number of hydrogen-bond donors (Lipinski definition) is 2. The van der Waals surface area contributed by atoms with Crippen LogP contribution in [0.1, 0.15) is 18.9 Å². The van der Waals surface area contributed by atoms with Gasteiger partial charge in [0.25, 0.3) is 0 Å². The molecular weight excluding hydrogens is 365 g/mol. The lowest BCUT2D eigenvalue weighted by Gasteiger charge is -2.11. The van der Waals surface area contributed by atoms with Gasteiger partial charge in [-0.3, -0.25) is 4.99 Å². The minimum atomic E-state index is 0. The van der Waals surface area contributed by atoms with Crippen LogP contribution in [0.4, 0.5) is 0 Å². The molecule has 0 heterocycles. The summed E-state index contributed by atoms with van der Waals surface area (Å²) in [6, 6.07) is 10.5. The highest BCUT2D eigenvalue weighted by Gasteiger charge is 1.97. The van der Waals surface area contributed by atoms with Crippen LogP contribution in [-0.2, 0) is 11.2 Å². The second kappa shape index (κ2) is 13.2. The molecule has 1 rings (SSSR count). The zero-order valence-corrected chi connectivity index (χ0v) is 14.7. The van der Waals surface area contributed by atoms with Crippen LogP contribution < -0.4 is 10.6 Å². The molecular formula is C15H26IN3O. The third-order valence-corrected chi connectivity index (χ3v) is 2.67. The number of methoxy groups -OCH3 is 1. The van der Waals surface area contributed by atoms with E-state index in [1.165, 1.54) is 5.56 Å². The second-order valence-corrected chi connectivity index (χ2v) is 4.27. The number of halogens is 1. The van der Waals surface area contributed by atoms with Gasteiger partial charge in [0, 0.05) is 33.4 Å². The Hall–Kier alpha value is -0.820. The van der Waals surface area contributed by atoms with Crippen molar-refractivity contribution >= 4 is 29.9 Å². The molecule has 0 atom stereocenters. The Kier molecular flexibility index (Phi) is 12.6. The van der Waals surface area contributed by atoms with Crippen molar-refractivity contribution in [2.45, 2.75) is 19.8 Å². The summed E-state index contributed by atoms with van der Waals surface area (Å²) in [5.74, 6) is 0.884. The Bertz CT molecular complexity index is 357. The van der Waals surface area contributed by atoms with Gasteiger partial charge in [-0.15, -0.1) is 24.0 Å². The standard InChI is InChI=1S/C15H25N3O.HI/c1-3-16-15(17-11-7-13-19-2)18-12-10-14-8-5-4-6-9-14;/h4-6,8-9H,3,7,10-13H2,1-2H3,(H2,16,17,18);1H. The summed E-state index contributed by atoms with van der Waals surface area (Å²) in [6.07, 6.45) is 1.95. The second-order valence-electron chi connectivity index (χ2n) is 4.27. The van der Waals surface area contributed by atoms with Crippen molar-refractivity contribution < 1.29 is 4.74 Å². The number of nitrogens with one attached hydrogen (secondary N) is 2. The highest BCUT2D eigenvalue weighted by Crippen LogP contribution is 1.98. The van der Waals surface area contributed by atoms with E-state index in [9.17, 15) is 0 Å². The molecule has 5 heteroatoms. The molecule has 0 fully saturated rings. The van der Waals surface area contributed by atoms with Crippen LogP contribution in [0.25, 0.3) is 0 Å². The number of hydrogen-bond acceptors (Lipinski definition) is 2. The molecule has 0 unspecified atom stereocenters. The lowest BCUT2D eigenvalue weighted by Crippen LogP contribution is -2.38. The first-order valence-electron chi connectivity index (χ1n) is 6.92. The van der Waals surface area contributed by atoms with Crippen LogP contribution in [0.3, 0.4) is 0 Å². The Labute approximate surface area is 139 Å². The minimum Gasteiger partial charge on any atom is -0.385 e. The lowest BCUT2D eigenvalue weighted by molar-refractivity contribution is 0.197. The Morgan fingerprint density at radius 1 is 1.20 bits per heavy atom. The van der Waals surface area contributed by atoms with Gasteiger partial charge in [0.2, 0.25) is 0 Å². The number of benzene rings is 1. The van der Waals surface area contributed by atoms with Crippen molar-refractivity contribution in [2.75, 3.05) is 33.4 Å². The molecule has 4 nitrogen and oxygen atoms in total. The molecule has 0 amide bonds. The van der Waals surface area contributed by atoms with Gasteiger partial charge in [-0.05, 0) is 25.3 Å². The smallest absolute Gasteiger partial charge is 0.191 e. The summed E-state index contributed by atoms with van der Waals surface area (Å²) in [6.45, 7) is 5.38. The van der Waals surface area contributed by atoms with Gasteiger partial charge in [0.15, 0.2) is 5.96 Å². The van der Waals surface area contributed by atoms with E-state index >= 15 is 0 Å². The number of rotatable bonds is 8. The first-order chi connectivity index (χ1) is 9.36. The number of guanidine groups is 1. The van der Waals surface area contributed by atoms with E-state index in [2.05, 4.69) is 46.8 Å². The number of ether oxygens (including phenoxy) is 1. The fourth-order valence-corrected chi connectivity index (χ4v) is 1.71. The van der Waals surface area contributed by atoms with E-state index in [4.69, 9.17) is 4.74 Å². The number of aliphatic imine (C=N–C) groups is 1. The van der Waals surface area contributed by atoms with Crippen molar-refractivity contribution in [3.05, 3.63) is 35.9 Å². The maximum Gasteiger partial charge on any atom is 0.191 e. The maximum absolute atomic E-state index is 5.01. The van der Waals surface area contributed by atoms with Gasteiger partial charge < -0.3 is 15.4 Å². The fourth-order valence-electron chi connectivity index (χ4n) is 1.71. The Morgan fingerprint density at radius 2 is 1.95 bits per heavy atom. The Balaban J connectivity index is 0.00000361. The average molecular weight is 391 g/mol. The van der Waals surface area contributed by atoms with E-state index in [-0.39, 0.29) is 24.0 Å². The van der Waals surface area contributed by atoms with Crippen LogP contribution in [0, 0.1) is 0 Å². The van der Waals surface area contributed by atoms with Gasteiger partial charge in [-0.25, -0.2) is 0 Å². The summed E-state index contributed by atoms with van der Waals surface area (Å²) in [4.78, 5) is 4.50. The molecule has 0 aliphatic heterocycles. The molecule has 0 aromatic heterocycles. The minimum absolute atomic E-state index is 0. The molecule has 1 aromatic carbocycles. The molecule has 0 aliphatic carbocycles. The van der Waals surface area contributed by atoms with E-state index < -0.39 is 0 Å². The first-order valence-corrected chi connectivity index (χ1v) is 6.92. The monoisotopic (exact) mass is 391 g/mol. The largest absolute Gasteiger partial charge is 0.385 e. The van der Waals surface area contributed by atoms with Gasteiger partial charge in [0.1, 0.15) is 0 Å². The van der Waals surface area contributed by atoms with E-state index in [1.54, 1.807) is 7.11 Å². The van der Waals surface area contributed by atoms with Crippen molar-refractivity contribution in [1.82, 2.24) is 10.6 Å². The summed E-state index contributed by atoms with van der Waals surface area (Å²) >= 11 is 0. The van der Waals surface area contributed by atoms with Gasteiger partial charge in [-0.2, -0.15) is 0 Å². The van der Waals surface area contributed by atoms with Crippen molar-refractivity contribution in [3.63, 3.8) is 0 Å². The molecule has 0 saturated heterocycles. The molecule has 1 aromatic rings. The van der Waals surface area contributed by atoms with Crippen LogP contribution in [-0.4, -0.2) is 39.3 Å². The molecule has 0 bridgehead atoms. The van der Waals surface area contributed by atoms with Crippen LogP contribution in [0.5, 0.6) is 0 Å². The van der Waals surface area contributed by atoms with Crippen LogP contribution in [0.15, 0.2) is 35.3 Å². The van der Waals surface area contributed by atoms with Crippen molar-refractivity contribution in [2.24, 2.45) is 4.99 Å². The lowest BCUT2D eigenvalue weighted by atomic mass is 10.1. The normalized spacial score (nSPS) is 10.8. The van der Waals surface area contributed by atoms with E-state index in [0.29, 0.717) is 0 Å². The average Bonchev–Trinajstić information content (AvgIpc) is 2.44. The molecule has 0 saturated carbocycles. The van der Waals surface area contributed by atoms with Gasteiger partial charge in [-0.1, -0.05) is 30.3 Å². The quantitative estimate of drug-likeness (QED) is 0.310. The van der Waals surface area contributed by atoms with Gasteiger partial charge in [0.05, 0.1) is 0 Å². The zero-order valence-electron chi connectivity index (χ0n) is 12.4. The number of nitrogens with zero attached hydrogens (tertiary/aromatic N) is 1. The van der Waals surface area contributed by atoms with Crippen LogP contribution in [0.2, 0.25) is 0 Å². The molecule has 114 valence electrons. The zero-order chi connectivity index (χ0) is 13.8. The van der Waals surface area contributed by atoms with Gasteiger partial charge >= 0.3 is 0 Å². The molecule has 0 spiro atoms. The highest BCUT2D eigenvalue weighted by molar-refractivity contribution is 14.0.